The monoisotopic (exact) mass is 200 g/mol. The van der Waals surface area contributed by atoms with Crippen molar-refractivity contribution in [2.75, 3.05) is 6.54 Å². The molecule has 2 fully saturated rings. The van der Waals surface area contributed by atoms with E-state index in [2.05, 4.69) is 0 Å². The average molecular weight is 200 g/mol. The Morgan fingerprint density at radius 1 is 1.31 bits per heavy atom. The second-order valence-corrected chi connectivity index (χ2v) is 5.81. The van der Waals surface area contributed by atoms with Crippen LogP contribution < -0.4 is 0 Å². The van der Waals surface area contributed by atoms with Crippen molar-refractivity contribution in [2.45, 2.75) is 37.0 Å². The fourth-order valence-corrected chi connectivity index (χ4v) is 3.74. The van der Waals surface area contributed by atoms with E-state index in [1.807, 2.05) is 6.07 Å². The van der Waals surface area contributed by atoms with Crippen LogP contribution >= 0.6 is 0 Å². The maximum Gasteiger partial charge on any atom is 0.218 e. The number of hydrogen-bond donors (Lipinski definition) is 0. The van der Waals surface area contributed by atoms with Crippen molar-refractivity contribution in [3.05, 3.63) is 0 Å². The minimum absolute atomic E-state index is 0.179. The van der Waals surface area contributed by atoms with Crippen LogP contribution in [-0.4, -0.2) is 30.6 Å². The summed E-state index contributed by atoms with van der Waals surface area (Å²) in [6.07, 6.45) is 3.07. The normalized spacial score (nSPS) is 30.2. The molecular weight excluding hydrogens is 188 g/mol. The predicted octanol–water partition coefficient (Wildman–Crippen LogP) is 0.467. The van der Waals surface area contributed by atoms with Gasteiger partial charge in [-0.15, -0.1) is 0 Å². The van der Waals surface area contributed by atoms with Gasteiger partial charge in [0.25, 0.3) is 0 Å². The fourth-order valence-electron chi connectivity index (χ4n) is 1.73. The van der Waals surface area contributed by atoms with E-state index in [1.54, 1.807) is 0 Å². The smallest absolute Gasteiger partial charge is 0.212 e. The largest absolute Gasteiger partial charge is 0.218 e. The third-order valence-corrected chi connectivity index (χ3v) is 5.03. The van der Waals surface area contributed by atoms with Crippen molar-refractivity contribution in [3.8, 4) is 6.07 Å². The van der Waals surface area contributed by atoms with Gasteiger partial charge in [-0.05, 0) is 25.7 Å². The van der Waals surface area contributed by atoms with Gasteiger partial charge in [-0.2, -0.15) is 9.57 Å². The first-order valence-electron chi connectivity index (χ1n) is 4.56. The van der Waals surface area contributed by atoms with E-state index in [0.29, 0.717) is 13.0 Å². The summed E-state index contributed by atoms with van der Waals surface area (Å²) in [6, 6.07) is 1.65. The van der Waals surface area contributed by atoms with E-state index in [9.17, 15) is 8.42 Å². The van der Waals surface area contributed by atoms with Crippen molar-refractivity contribution in [3.63, 3.8) is 0 Å². The summed E-state index contributed by atoms with van der Waals surface area (Å²) >= 11 is 0. The van der Waals surface area contributed by atoms with Gasteiger partial charge in [-0.3, -0.25) is 0 Å². The molecule has 2 aliphatic rings. The first-order valence-corrected chi connectivity index (χ1v) is 6.07. The molecule has 1 aliphatic heterocycles. The second-order valence-electron chi connectivity index (χ2n) is 3.64. The van der Waals surface area contributed by atoms with Crippen LogP contribution in [0.5, 0.6) is 0 Å². The molecule has 0 aromatic heterocycles. The highest BCUT2D eigenvalue weighted by Gasteiger charge is 2.44. The van der Waals surface area contributed by atoms with Crippen molar-refractivity contribution < 1.29 is 8.42 Å². The SMILES string of the molecule is N#CC1CCCN1S(=O)(=O)C1CC1. The maximum absolute atomic E-state index is 11.7. The lowest BCUT2D eigenvalue weighted by Gasteiger charge is -2.18. The van der Waals surface area contributed by atoms with E-state index in [1.165, 1.54) is 4.31 Å². The maximum atomic E-state index is 11.7. The first-order chi connectivity index (χ1) is 6.16. The molecule has 0 radical (unpaired) electrons. The van der Waals surface area contributed by atoms with Gasteiger partial charge in [0.1, 0.15) is 6.04 Å². The molecule has 2 rings (SSSR count). The standard InChI is InChI=1S/C8H12N2O2S/c9-6-7-2-1-5-10(7)13(11,12)8-3-4-8/h7-8H,1-5H2. The quantitative estimate of drug-likeness (QED) is 0.651. The molecule has 1 atom stereocenters. The van der Waals surface area contributed by atoms with E-state index in [-0.39, 0.29) is 5.25 Å². The topological polar surface area (TPSA) is 61.2 Å². The molecule has 1 heterocycles. The molecular formula is C8H12N2O2S. The van der Waals surface area contributed by atoms with Crippen LogP contribution in [0.25, 0.3) is 0 Å². The Kier molecular flexibility index (Phi) is 2.05. The third kappa shape index (κ3) is 1.45. The van der Waals surface area contributed by atoms with Crippen LogP contribution in [-0.2, 0) is 10.0 Å². The molecule has 13 heavy (non-hydrogen) atoms. The Bertz CT molecular complexity index is 340. The van der Waals surface area contributed by atoms with E-state index < -0.39 is 16.1 Å². The summed E-state index contributed by atoms with van der Waals surface area (Å²) in [5, 5.41) is 8.57. The molecule has 0 spiro atoms. The van der Waals surface area contributed by atoms with Crippen molar-refractivity contribution in [1.29, 1.82) is 5.26 Å². The summed E-state index contributed by atoms with van der Waals surface area (Å²) in [5.74, 6) is 0. The zero-order valence-electron chi connectivity index (χ0n) is 7.31. The fraction of sp³-hybridized carbons (Fsp3) is 0.875. The number of sulfonamides is 1. The Hall–Kier alpha value is -0.600. The van der Waals surface area contributed by atoms with Crippen molar-refractivity contribution in [1.82, 2.24) is 4.31 Å². The molecule has 0 aromatic rings. The molecule has 0 bridgehead atoms. The predicted molar refractivity (Wildman–Crippen MR) is 47.3 cm³/mol. The Balaban J connectivity index is 2.20. The van der Waals surface area contributed by atoms with Gasteiger partial charge in [0.15, 0.2) is 0 Å². The summed E-state index contributed by atoms with van der Waals surface area (Å²) in [6.45, 7) is 0.539. The zero-order chi connectivity index (χ0) is 9.47. The van der Waals surface area contributed by atoms with Gasteiger partial charge < -0.3 is 0 Å². The van der Waals surface area contributed by atoms with Crippen molar-refractivity contribution in [2.24, 2.45) is 0 Å². The molecule has 0 N–H and O–H groups in total. The summed E-state index contributed by atoms with van der Waals surface area (Å²) in [5.41, 5.74) is 0. The molecule has 1 aliphatic carbocycles. The first kappa shape index (κ1) is 8.97. The van der Waals surface area contributed by atoms with Gasteiger partial charge in [0.05, 0.1) is 11.3 Å². The van der Waals surface area contributed by atoms with Crippen LogP contribution in [0.1, 0.15) is 25.7 Å². The number of nitrogens with zero attached hydrogens (tertiary/aromatic N) is 2. The highest BCUT2D eigenvalue weighted by molar-refractivity contribution is 7.90. The molecule has 1 saturated heterocycles. The van der Waals surface area contributed by atoms with Crippen LogP contribution in [0.15, 0.2) is 0 Å². The lowest BCUT2D eigenvalue weighted by Crippen LogP contribution is -2.36. The second kappa shape index (κ2) is 2.96. The highest BCUT2D eigenvalue weighted by atomic mass is 32.2. The van der Waals surface area contributed by atoms with Gasteiger partial charge in [-0.1, -0.05) is 0 Å². The van der Waals surface area contributed by atoms with Gasteiger partial charge in [-0.25, -0.2) is 8.42 Å². The van der Waals surface area contributed by atoms with Crippen LogP contribution in [0.3, 0.4) is 0 Å². The van der Waals surface area contributed by atoms with Crippen LogP contribution in [0.4, 0.5) is 0 Å². The minimum atomic E-state index is -3.12. The Labute approximate surface area is 78.2 Å². The van der Waals surface area contributed by atoms with Crippen molar-refractivity contribution >= 4 is 10.0 Å². The zero-order valence-corrected chi connectivity index (χ0v) is 8.13. The van der Waals surface area contributed by atoms with Crippen LogP contribution in [0.2, 0.25) is 0 Å². The molecule has 0 aromatic carbocycles. The van der Waals surface area contributed by atoms with Crippen LogP contribution in [0, 0.1) is 11.3 Å². The third-order valence-electron chi connectivity index (χ3n) is 2.63. The highest BCUT2D eigenvalue weighted by Crippen LogP contribution is 2.34. The molecule has 1 unspecified atom stereocenters. The minimum Gasteiger partial charge on any atom is -0.212 e. The number of nitriles is 1. The van der Waals surface area contributed by atoms with Gasteiger partial charge >= 0.3 is 0 Å². The number of rotatable bonds is 2. The molecule has 0 amide bonds. The van der Waals surface area contributed by atoms with E-state index in [4.69, 9.17) is 5.26 Å². The lowest BCUT2D eigenvalue weighted by atomic mass is 10.2. The van der Waals surface area contributed by atoms with E-state index >= 15 is 0 Å². The molecule has 72 valence electrons. The molecule has 4 nitrogen and oxygen atoms in total. The Morgan fingerprint density at radius 3 is 2.54 bits per heavy atom. The average Bonchev–Trinajstić information content (AvgIpc) is 2.84. The van der Waals surface area contributed by atoms with E-state index in [0.717, 1.165) is 19.3 Å². The summed E-state index contributed by atoms with van der Waals surface area (Å²) < 4.78 is 24.9. The molecule has 5 heteroatoms. The van der Waals surface area contributed by atoms with Gasteiger partial charge in [0.2, 0.25) is 10.0 Å². The van der Waals surface area contributed by atoms with Gasteiger partial charge in [0, 0.05) is 6.54 Å². The summed E-state index contributed by atoms with van der Waals surface area (Å²) in [4.78, 5) is 0. The molecule has 1 saturated carbocycles. The number of hydrogen-bond acceptors (Lipinski definition) is 3. The lowest BCUT2D eigenvalue weighted by molar-refractivity contribution is 0.436. The summed E-state index contributed by atoms with van der Waals surface area (Å²) in [7, 11) is -3.12. The Morgan fingerprint density at radius 2 is 2.00 bits per heavy atom.